The summed E-state index contributed by atoms with van der Waals surface area (Å²) in [6.45, 7) is 23.7. The van der Waals surface area contributed by atoms with Crippen LogP contribution in [0.4, 0.5) is 5.69 Å². The topological polar surface area (TPSA) is 25.4 Å². The van der Waals surface area contributed by atoms with Gasteiger partial charge < -0.3 is 9.64 Å². The van der Waals surface area contributed by atoms with Crippen LogP contribution in [-0.4, -0.2) is 17.1 Å². The molecule has 0 saturated heterocycles. The summed E-state index contributed by atoms with van der Waals surface area (Å²) in [5.41, 5.74) is 8.69. The summed E-state index contributed by atoms with van der Waals surface area (Å²) >= 11 is 1.69. The highest BCUT2D eigenvalue weighted by Gasteiger charge is 2.33. The molecule has 0 aliphatic carbocycles. The monoisotopic (exact) mass is 552 g/mol. The van der Waals surface area contributed by atoms with Gasteiger partial charge in [-0.2, -0.15) is 0 Å². The molecule has 3 aromatic rings. The summed E-state index contributed by atoms with van der Waals surface area (Å²) in [4.78, 5) is 7.28. The number of anilines is 1. The number of allylic oxidation sites excluding steroid dienone is 3. The first-order valence-electron chi connectivity index (χ1n) is 14.7. The van der Waals surface area contributed by atoms with Crippen molar-refractivity contribution in [2.45, 2.75) is 81.2 Å². The Morgan fingerprint density at radius 1 is 1.12 bits per heavy atom. The molecule has 1 unspecified atom stereocenters. The van der Waals surface area contributed by atoms with Crippen LogP contribution in [0.5, 0.6) is 11.5 Å². The zero-order valence-corrected chi connectivity index (χ0v) is 26.7. The molecule has 3 heterocycles. The summed E-state index contributed by atoms with van der Waals surface area (Å²) in [7, 11) is 0. The number of thiazole rings is 1. The maximum Gasteiger partial charge on any atom is 0.137 e. The molecule has 0 saturated carbocycles. The van der Waals surface area contributed by atoms with E-state index in [0.717, 1.165) is 45.8 Å². The number of nitrogens with zero attached hydrogens (tertiary/aromatic N) is 2. The van der Waals surface area contributed by atoms with Crippen LogP contribution in [0.1, 0.15) is 97.4 Å². The lowest BCUT2D eigenvalue weighted by Crippen LogP contribution is -2.45. The summed E-state index contributed by atoms with van der Waals surface area (Å²) in [5.74, 6) is 2.39. The lowest BCUT2D eigenvalue weighted by Gasteiger charge is -2.43. The number of aromatic nitrogens is 1. The van der Waals surface area contributed by atoms with E-state index in [-0.39, 0.29) is 11.0 Å². The molecule has 2 aliphatic heterocycles. The third-order valence-corrected chi connectivity index (χ3v) is 9.95. The first-order valence-corrected chi connectivity index (χ1v) is 15.6. The van der Waals surface area contributed by atoms with E-state index >= 15 is 0 Å². The maximum absolute atomic E-state index is 6.77. The van der Waals surface area contributed by atoms with Crippen molar-refractivity contribution in [3.63, 3.8) is 0 Å². The molecule has 4 heteroatoms. The van der Waals surface area contributed by atoms with Gasteiger partial charge in [0.25, 0.3) is 0 Å². The highest BCUT2D eigenvalue weighted by atomic mass is 32.1. The number of fused-ring (bicyclic) bond motifs is 3. The Hall–Kier alpha value is -3.11. The molecule has 2 aromatic carbocycles. The molecule has 0 spiro atoms. The smallest absolute Gasteiger partial charge is 0.137 e. The molecule has 0 amide bonds. The first kappa shape index (κ1) is 28.4. The number of rotatable bonds is 6. The lowest BCUT2D eigenvalue weighted by atomic mass is 9.76. The maximum atomic E-state index is 6.77. The van der Waals surface area contributed by atoms with Crippen molar-refractivity contribution in [3.8, 4) is 11.5 Å². The zero-order chi connectivity index (χ0) is 29.0. The number of ether oxygens (including phenoxy) is 1. The Balaban J connectivity index is 1.81. The molecule has 0 N–H and O–H groups in total. The molecular weight excluding hydrogens is 508 g/mol. The second-order valence-electron chi connectivity index (χ2n) is 12.6. The summed E-state index contributed by atoms with van der Waals surface area (Å²) < 4.78 is 6.77. The second kappa shape index (κ2) is 10.4. The minimum Gasteiger partial charge on any atom is -0.456 e. The SMILES string of the molecule is CC=c1cc2c(cc1C(C)=CC(C)(C)C(C)CC)=C(c1nccs1)c1cc3c(cc1O2)N(CC)C(C)(C)C=C3C. The van der Waals surface area contributed by atoms with Gasteiger partial charge in [0.2, 0.25) is 0 Å². The number of hydrogen-bond acceptors (Lipinski definition) is 4. The highest BCUT2D eigenvalue weighted by molar-refractivity contribution is 7.10. The van der Waals surface area contributed by atoms with E-state index in [9.17, 15) is 0 Å². The summed E-state index contributed by atoms with van der Waals surface area (Å²) in [5, 5.41) is 5.40. The van der Waals surface area contributed by atoms with Gasteiger partial charge in [-0.25, -0.2) is 4.98 Å². The molecular formula is C36H44N2OS. The highest BCUT2D eigenvalue weighted by Crippen LogP contribution is 2.46. The van der Waals surface area contributed by atoms with Gasteiger partial charge in [0.15, 0.2) is 0 Å². The van der Waals surface area contributed by atoms with Gasteiger partial charge in [0, 0.05) is 51.8 Å². The van der Waals surface area contributed by atoms with E-state index < -0.39 is 0 Å². The molecule has 40 heavy (non-hydrogen) atoms. The summed E-state index contributed by atoms with van der Waals surface area (Å²) in [6.07, 6.45) is 10.1. The molecule has 0 fully saturated rings. The van der Waals surface area contributed by atoms with Crippen molar-refractivity contribution < 1.29 is 4.74 Å². The Bertz CT molecular complexity index is 1640. The first-order chi connectivity index (χ1) is 18.9. The van der Waals surface area contributed by atoms with E-state index in [1.54, 1.807) is 11.3 Å². The standard InChI is InChI=1S/C36H44N2OS/c1-11-24(6)35(7,8)20-22(4)26-17-28-31(16-25(26)12-2)39-32-19-30-27(23(5)21-36(9,10)38(30)13-3)18-29(32)33(28)34-37-14-15-40-34/h12,14-21,24H,11,13H2,1-10H3. The molecule has 1 atom stereocenters. The third-order valence-electron chi connectivity index (χ3n) is 9.16. The number of benzene rings is 2. The van der Waals surface area contributed by atoms with E-state index in [1.165, 1.54) is 33.2 Å². The van der Waals surface area contributed by atoms with Crippen molar-refractivity contribution >= 4 is 39.8 Å². The van der Waals surface area contributed by atoms with Crippen LogP contribution >= 0.6 is 11.3 Å². The lowest BCUT2D eigenvalue weighted by molar-refractivity contribution is 0.299. The Kier molecular flexibility index (Phi) is 7.37. The van der Waals surface area contributed by atoms with Gasteiger partial charge in [-0.1, -0.05) is 52.3 Å². The van der Waals surface area contributed by atoms with Crippen molar-refractivity contribution in [1.29, 1.82) is 0 Å². The average molecular weight is 553 g/mol. The van der Waals surface area contributed by atoms with E-state index in [4.69, 9.17) is 9.72 Å². The molecule has 210 valence electrons. The van der Waals surface area contributed by atoms with E-state index in [2.05, 4.69) is 122 Å². The predicted octanol–water partition coefficient (Wildman–Crippen LogP) is 8.79. The van der Waals surface area contributed by atoms with Crippen LogP contribution in [0, 0.1) is 11.3 Å². The van der Waals surface area contributed by atoms with Crippen LogP contribution in [0.15, 0.2) is 48.0 Å². The minimum absolute atomic E-state index is 0.0549. The normalized spacial score (nSPS) is 17.6. The van der Waals surface area contributed by atoms with Crippen LogP contribution in [-0.2, 0) is 0 Å². The number of hydrogen-bond donors (Lipinski definition) is 0. The van der Waals surface area contributed by atoms with Gasteiger partial charge >= 0.3 is 0 Å². The Morgan fingerprint density at radius 2 is 1.88 bits per heavy atom. The fraction of sp³-hybridized carbons (Fsp3) is 0.417. The molecule has 1 aromatic heterocycles. The Labute approximate surface area is 244 Å². The largest absolute Gasteiger partial charge is 0.456 e. The zero-order valence-electron chi connectivity index (χ0n) is 25.9. The molecule has 5 rings (SSSR count). The van der Waals surface area contributed by atoms with E-state index in [0.29, 0.717) is 5.92 Å². The van der Waals surface area contributed by atoms with Crippen molar-refractivity contribution in [2.24, 2.45) is 11.3 Å². The average Bonchev–Trinajstić information content (AvgIpc) is 3.43. The fourth-order valence-corrected chi connectivity index (χ4v) is 7.27. The second-order valence-corrected chi connectivity index (χ2v) is 13.5. The molecule has 2 aliphatic rings. The van der Waals surface area contributed by atoms with Crippen molar-refractivity contribution in [2.75, 3.05) is 11.4 Å². The summed E-state index contributed by atoms with van der Waals surface area (Å²) in [6, 6.07) is 9.15. The van der Waals surface area contributed by atoms with Gasteiger partial charge in [-0.05, 0) is 93.0 Å². The van der Waals surface area contributed by atoms with E-state index in [1.807, 2.05) is 6.20 Å². The van der Waals surface area contributed by atoms with Crippen LogP contribution in [0.3, 0.4) is 0 Å². The van der Waals surface area contributed by atoms with Gasteiger partial charge in [0.05, 0.1) is 5.54 Å². The van der Waals surface area contributed by atoms with Gasteiger partial charge in [0.1, 0.15) is 16.5 Å². The Morgan fingerprint density at radius 3 is 2.50 bits per heavy atom. The molecule has 0 radical (unpaired) electrons. The quantitative estimate of drug-likeness (QED) is 0.239. The third kappa shape index (κ3) is 4.75. The predicted molar refractivity (Wildman–Crippen MR) is 174 cm³/mol. The van der Waals surface area contributed by atoms with Crippen LogP contribution in [0.25, 0.3) is 22.8 Å². The van der Waals surface area contributed by atoms with Gasteiger partial charge in [-0.3, -0.25) is 0 Å². The molecule has 0 bridgehead atoms. The van der Waals surface area contributed by atoms with Crippen LogP contribution < -0.4 is 20.1 Å². The minimum atomic E-state index is -0.0549. The van der Waals surface area contributed by atoms with Crippen molar-refractivity contribution in [3.05, 3.63) is 80.1 Å². The van der Waals surface area contributed by atoms with Gasteiger partial charge in [-0.15, -0.1) is 11.3 Å². The number of likely N-dealkylation sites (N-methyl/N-ethyl adjacent to an activating group) is 1. The van der Waals surface area contributed by atoms with Crippen LogP contribution in [0.2, 0.25) is 0 Å². The van der Waals surface area contributed by atoms with Crippen molar-refractivity contribution in [1.82, 2.24) is 4.98 Å². The molecule has 3 nitrogen and oxygen atoms in total. The fourth-order valence-electron chi connectivity index (χ4n) is 6.56.